The molecule has 1 amide bonds. The maximum atomic E-state index is 12.7. The molecule has 0 aromatic rings. The van der Waals surface area contributed by atoms with Crippen molar-refractivity contribution in [1.82, 2.24) is 10.2 Å². The lowest BCUT2D eigenvalue weighted by Crippen LogP contribution is -2.43. The largest absolute Gasteiger partial charge is 0.338 e. The molecule has 2 bridgehead atoms. The molecule has 3 heteroatoms. The average molecular weight is 234 g/mol. The van der Waals surface area contributed by atoms with Gasteiger partial charge in [-0.3, -0.25) is 4.79 Å². The monoisotopic (exact) mass is 234 g/mol. The molecular formula is C14H22N2O. The number of amides is 1. The van der Waals surface area contributed by atoms with Crippen LogP contribution in [0.4, 0.5) is 0 Å². The van der Waals surface area contributed by atoms with Crippen molar-refractivity contribution < 1.29 is 4.79 Å². The molecule has 0 aromatic heterocycles. The number of nitrogens with zero attached hydrogens (tertiary/aromatic N) is 1. The van der Waals surface area contributed by atoms with Crippen molar-refractivity contribution in [3.05, 3.63) is 0 Å². The molecule has 2 aliphatic carbocycles. The number of nitrogens with one attached hydrogen (secondary N) is 1. The Morgan fingerprint density at radius 2 is 2.00 bits per heavy atom. The Labute approximate surface area is 103 Å². The zero-order valence-corrected chi connectivity index (χ0v) is 10.4. The molecule has 4 fully saturated rings. The predicted octanol–water partition coefficient (Wildman–Crippen LogP) is 1.24. The van der Waals surface area contributed by atoms with Crippen LogP contribution in [0.1, 0.15) is 32.1 Å². The molecule has 2 saturated heterocycles. The minimum absolute atomic E-state index is 0.396. The summed E-state index contributed by atoms with van der Waals surface area (Å²) in [4.78, 5) is 14.9. The minimum atomic E-state index is 0.396. The molecule has 5 atom stereocenters. The quantitative estimate of drug-likeness (QED) is 0.740. The fourth-order valence-corrected chi connectivity index (χ4v) is 4.88. The maximum Gasteiger partial charge on any atom is 0.226 e. The van der Waals surface area contributed by atoms with Gasteiger partial charge in [-0.15, -0.1) is 0 Å². The first-order valence-corrected chi connectivity index (χ1v) is 7.34. The number of fused-ring (bicyclic) bond motifs is 3. The molecule has 2 heterocycles. The summed E-state index contributed by atoms with van der Waals surface area (Å²) in [5, 5.41) is 3.44. The van der Waals surface area contributed by atoms with Crippen LogP contribution in [0.15, 0.2) is 0 Å². The second-order valence-electron chi connectivity index (χ2n) is 6.59. The molecule has 3 nitrogen and oxygen atoms in total. The molecule has 2 saturated carbocycles. The third kappa shape index (κ3) is 1.48. The number of likely N-dealkylation sites (tertiary alicyclic amines) is 1. The van der Waals surface area contributed by atoms with Gasteiger partial charge in [0.25, 0.3) is 0 Å². The van der Waals surface area contributed by atoms with Gasteiger partial charge in [0, 0.05) is 31.6 Å². The van der Waals surface area contributed by atoms with Crippen molar-refractivity contribution in [2.75, 3.05) is 19.6 Å². The molecule has 94 valence electrons. The maximum absolute atomic E-state index is 12.7. The summed E-state index contributed by atoms with van der Waals surface area (Å²) in [6, 6.07) is 0.529. The zero-order valence-electron chi connectivity index (χ0n) is 10.4. The lowest BCUT2D eigenvalue weighted by atomic mass is 9.87. The van der Waals surface area contributed by atoms with E-state index in [1.165, 1.54) is 32.1 Å². The number of hydrogen-bond acceptors (Lipinski definition) is 2. The first kappa shape index (κ1) is 10.4. The molecule has 17 heavy (non-hydrogen) atoms. The molecule has 4 aliphatic rings. The van der Waals surface area contributed by atoms with E-state index < -0.39 is 0 Å². The van der Waals surface area contributed by atoms with E-state index in [0.717, 1.165) is 37.4 Å². The lowest BCUT2D eigenvalue weighted by Gasteiger charge is -2.30. The van der Waals surface area contributed by atoms with Gasteiger partial charge in [-0.1, -0.05) is 6.42 Å². The SMILES string of the molecule is O=C(C1CC2CCC1C2)N1CC[C@@H]2CNC[C@@H]21. The molecule has 1 N–H and O–H groups in total. The summed E-state index contributed by atoms with van der Waals surface area (Å²) < 4.78 is 0. The van der Waals surface area contributed by atoms with Crippen molar-refractivity contribution in [3.63, 3.8) is 0 Å². The van der Waals surface area contributed by atoms with Crippen LogP contribution in [0.2, 0.25) is 0 Å². The normalized spacial score (nSPS) is 47.8. The van der Waals surface area contributed by atoms with E-state index in [2.05, 4.69) is 10.2 Å². The van der Waals surface area contributed by atoms with E-state index >= 15 is 0 Å². The Morgan fingerprint density at radius 3 is 2.76 bits per heavy atom. The number of hydrogen-bond donors (Lipinski definition) is 1. The topological polar surface area (TPSA) is 32.3 Å². The highest BCUT2D eigenvalue weighted by Crippen LogP contribution is 2.49. The minimum Gasteiger partial charge on any atom is -0.338 e. The molecule has 0 spiro atoms. The van der Waals surface area contributed by atoms with Gasteiger partial charge < -0.3 is 10.2 Å². The van der Waals surface area contributed by atoms with Gasteiger partial charge in [0.1, 0.15) is 0 Å². The summed E-state index contributed by atoms with van der Waals surface area (Å²) in [5.41, 5.74) is 0. The second kappa shape index (κ2) is 3.71. The summed E-state index contributed by atoms with van der Waals surface area (Å²) in [6.07, 6.45) is 6.48. The highest BCUT2D eigenvalue weighted by Gasteiger charge is 2.48. The van der Waals surface area contributed by atoms with E-state index in [-0.39, 0.29) is 0 Å². The standard InChI is InChI=1S/C14H22N2O/c17-14(12-6-9-1-2-10(12)5-9)16-4-3-11-7-15-8-13(11)16/h9-13,15H,1-8H2/t9?,10?,11-,12?,13+/m1/s1. The van der Waals surface area contributed by atoms with E-state index in [9.17, 15) is 4.79 Å². The van der Waals surface area contributed by atoms with Crippen LogP contribution in [0, 0.1) is 23.7 Å². The lowest BCUT2D eigenvalue weighted by molar-refractivity contribution is -0.138. The summed E-state index contributed by atoms with van der Waals surface area (Å²) in [7, 11) is 0. The van der Waals surface area contributed by atoms with Crippen LogP contribution in [0.3, 0.4) is 0 Å². The fourth-order valence-electron chi connectivity index (χ4n) is 4.88. The second-order valence-corrected chi connectivity index (χ2v) is 6.59. The zero-order chi connectivity index (χ0) is 11.4. The Balaban J connectivity index is 1.50. The first-order chi connectivity index (χ1) is 8.33. The molecular weight excluding hydrogens is 212 g/mol. The third-order valence-corrected chi connectivity index (χ3v) is 5.78. The summed E-state index contributed by atoms with van der Waals surface area (Å²) in [6.45, 7) is 3.20. The highest BCUT2D eigenvalue weighted by molar-refractivity contribution is 5.80. The predicted molar refractivity (Wildman–Crippen MR) is 65.4 cm³/mol. The Kier molecular flexibility index (Phi) is 2.26. The highest BCUT2D eigenvalue weighted by atomic mass is 16.2. The van der Waals surface area contributed by atoms with Crippen LogP contribution < -0.4 is 5.32 Å². The molecule has 2 aliphatic heterocycles. The number of carbonyl (C=O) groups excluding carboxylic acids is 1. The van der Waals surface area contributed by atoms with Gasteiger partial charge in [0.05, 0.1) is 0 Å². The molecule has 3 unspecified atom stereocenters. The van der Waals surface area contributed by atoms with Crippen LogP contribution in [0.5, 0.6) is 0 Å². The van der Waals surface area contributed by atoms with Crippen molar-refractivity contribution >= 4 is 5.91 Å². The van der Waals surface area contributed by atoms with Crippen molar-refractivity contribution in [2.45, 2.75) is 38.1 Å². The smallest absolute Gasteiger partial charge is 0.226 e. The summed E-state index contributed by atoms with van der Waals surface area (Å²) >= 11 is 0. The van der Waals surface area contributed by atoms with Gasteiger partial charge in [-0.2, -0.15) is 0 Å². The van der Waals surface area contributed by atoms with Crippen molar-refractivity contribution in [3.8, 4) is 0 Å². The fraction of sp³-hybridized carbons (Fsp3) is 0.929. The average Bonchev–Trinajstić information content (AvgIpc) is 3.07. The Hall–Kier alpha value is -0.570. The van der Waals surface area contributed by atoms with Gasteiger partial charge in [0.2, 0.25) is 5.91 Å². The first-order valence-electron chi connectivity index (χ1n) is 7.34. The van der Waals surface area contributed by atoms with E-state index in [4.69, 9.17) is 0 Å². The summed E-state index contributed by atoms with van der Waals surface area (Å²) in [5.74, 6) is 3.27. The van der Waals surface area contributed by atoms with Gasteiger partial charge in [-0.05, 0) is 43.4 Å². The third-order valence-electron chi connectivity index (χ3n) is 5.78. The van der Waals surface area contributed by atoms with Crippen LogP contribution >= 0.6 is 0 Å². The van der Waals surface area contributed by atoms with Gasteiger partial charge >= 0.3 is 0 Å². The molecule has 4 rings (SSSR count). The molecule has 0 aromatic carbocycles. The number of rotatable bonds is 1. The van der Waals surface area contributed by atoms with Gasteiger partial charge in [0.15, 0.2) is 0 Å². The Bertz CT molecular complexity index is 343. The van der Waals surface area contributed by atoms with Crippen LogP contribution in [-0.4, -0.2) is 36.5 Å². The van der Waals surface area contributed by atoms with E-state index in [1.807, 2.05) is 0 Å². The van der Waals surface area contributed by atoms with E-state index in [1.54, 1.807) is 0 Å². The molecule has 0 radical (unpaired) electrons. The van der Waals surface area contributed by atoms with Crippen LogP contribution in [0.25, 0.3) is 0 Å². The Morgan fingerprint density at radius 1 is 1.06 bits per heavy atom. The van der Waals surface area contributed by atoms with Crippen molar-refractivity contribution in [1.29, 1.82) is 0 Å². The van der Waals surface area contributed by atoms with Gasteiger partial charge in [-0.25, -0.2) is 0 Å². The number of carbonyl (C=O) groups is 1. The van der Waals surface area contributed by atoms with Crippen molar-refractivity contribution in [2.24, 2.45) is 23.7 Å². The van der Waals surface area contributed by atoms with E-state index in [0.29, 0.717) is 17.9 Å². The van der Waals surface area contributed by atoms with Crippen LogP contribution in [-0.2, 0) is 4.79 Å².